The van der Waals surface area contributed by atoms with Gasteiger partial charge in [0.2, 0.25) is 0 Å². The summed E-state index contributed by atoms with van der Waals surface area (Å²) < 4.78 is 8.49. The second-order valence-corrected chi connectivity index (χ2v) is 10.0. The van der Waals surface area contributed by atoms with Gasteiger partial charge >= 0.3 is 0 Å². The van der Waals surface area contributed by atoms with Crippen LogP contribution in [0.2, 0.25) is 0 Å². The van der Waals surface area contributed by atoms with Crippen molar-refractivity contribution in [3.05, 3.63) is 89.7 Å². The van der Waals surface area contributed by atoms with Gasteiger partial charge < -0.3 is 14.7 Å². The first-order valence-electron chi connectivity index (χ1n) is 12.2. The van der Waals surface area contributed by atoms with Crippen LogP contribution in [0.4, 0.5) is 5.13 Å². The second-order valence-electron chi connectivity index (χ2n) is 9.00. The molecule has 1 saturated heterocycles. The summed E-state index contributed by atoms with van der Waals surface area (Å²) in [5.41, 5.74) is 3.13. The molecule has 0 spiro atoms. The minimum atomic E-state index is -0.203. The number of tetrazole rings is 1. The number of aromatic nitrogens is 5. The Kier molecular flexibility index (Phi) is 6.42. The fraction of sp³-hybridized carbons (Fsp3) is 0.259. The zero-order chi connectivity index (χ0) is 25.2. The van der Waals surface area contributed by atoms with Crippen LogP contribution in [0.25, 0.3) is 10.2 Å². The molecule has 0 aliphatic carbocycles. The number of piperazine rings is 1. The Morgan fingerprint density at radius 2 is 1.76 bits per heavy atom. The number of nitrogens with zero attached hydrogens (tertiary/aromatic N) is 7. The maximum absolute atomic E-state index is 10.2. The van der Waals surface area contributed by atoms with Gasteiger partial charge in [0.1, 0.15) is 0 Å². The third kappa shape index (κ3) is 4.73. The molecule has 3 aromatic carbocycles. The van der Waals surface area contributed by atoms with Gasteiger partial charge in [0.15, 0.2) is 22.5 Å². The van der Waals surface area contributed by atoms with E-state index >= 15 is 0 Å². The lowest BCUT2D eigenvalue weighted by Crippen LogP contribution is -2.48. The third-order valence-electron chi connectivity index (χ3n) is 6.73. The van der Waals surface area contributed by atoms with Crippen molar-refractivity contribution in [2.45, 2.75) is 12.6 Å². The predicted octanol–water partition coefficient (Wildman–Crippen LogP) is 3.96. The van der Waals surface area contributed by atoms with Gasteiger partial charge in [-0.25, -0.2) is 9.67 Å². The van der Waals surface area contributed by atoms with E-state index in [1.807, 2.05) is 41.1 Å². The number of anilines is 1. The van der Waals surface area contributed by atoms with E-state index in [9.17, 15) is 5.11 Å². The standard InChI is InChI=1S/C27H27N7O2S/c1-36-23-17-20(11-12-22(23)35)25(26-29-30-31-34(26)18-19-7-3-2-4-8-19)32-13-15-33(16-14-32)27-28-21-9-5-6-10-24(21)37-27/h2-12,17,25,35H,13-16,18H2,1H3. The number of rotatable bonds is 7. The first kappa shape index (κ1) is 23.4. The number of phenolic OH excluding ortho intramolecular Hbond substituents is 1. The quantitative estimate of drug-likeness (QED) is 0.350. The first-order chi connectivity index (χ1) is 18.2. The summed E-state index contributed by atoms with van der Waals surface area (Å²) in [7, 11) is 1.56. The molecule has 0 bridgehead atoms. The number of thiazole rings is 1. The molecule has 2 aromatic heterocycles. The van der Waals surface area contributed by atoms with Crippen LogP contribution in [0, 0.1) is 0 Å². The number of methoxy groups -OCH3 is 1. The molecule has 1 atom stereocenters. The van der Waals surface area contributed by atoms with Crippen LogP contribution in [-0.2, 0) is 6.54 Å². The Morgan fingerprint density at radius 1 is 0.973 bits per heavy atom. The van der Waals surface area contributed by atoms with Crippen molar-refractivity contribution in [1.82, 2.24) is 30.1 Å². The smallest absolute Gasteiger partial charge is 0.186 e. The SMILES string of the molecule is COc1cc(C(c2nnnn2Cc2ccccc2)N2CCN(c3nc4ccccc4s3)CC2)ccc1O. The molecule has 1 aliphatic heterocycles. The maximum atomic E-state index is 10.2. The van der Waals surface area contributed by atoms with Crippen LogP contribution in [0.1, 0.15) is 23.0 Å². The number of aromatic hydroxyl groups is 1. The van der Waals surface area contributed by atoms with Crippen molar-refractivity contribution in [3.8, 4) is 11.5 Å². The van der Waals surface area contributed by atoms with Crippen molar-refractivity contribution < 1.29 is 9.84 Å². The molecular formula is C27H27N7O2S. The molecule has 10 heteroatoms. The Bertz CT molecular complexity index is 1460. The maximum Gasteiger partial charge on any atom is 0.186 e. The summed E-state index contributed by atoms with van der Waals surface area (Å²) in [5, 5.41) is 24.1. The summed E-state index contributed by atoms with van der Waals surface area (Å²) >= 11 is 1.73. The molecule has 188 valence electrons. The molecule has 1 unspecified atom stereocenters. The van der Waals surface area contributed by atoms with Crippen molar-refractivity contribution in [3.63, 3.8) is 0 Å². The van der Waals surface area contributed by atoms with Crippen molar-refractivity contribution in [2.75, 3.05) is 38.2 Å². The van der Waals surface area contributed by atoms with Gasteiger partial charge in [-0.15, -0.1) is 5.10 Å². The monoisotopic (exact) mass is 513 g/mol. The minimum absolute atomic E-state index is 0.106. The van der Waals surface area contributed by atoms with Gasteiger partial charge in [0, 0.05) is 26.2 Å². The number of phenols is 1. The van der Waals surface area contributed by atoms with Gasteiger partial charge in [-0.05, 0) is 45.8 Å². The number of fused-ring (bicyclic) bond motifs is 1. The number of hydrogen-bond acceptors (Lipinski definition) is 9. The van der Waals surface area contributed by atoms with E-state index in [0.29, 0.717) is 12.3 Å². The van der Waals surface area contributed by atoms with Gasteiger partial charge in [-0.1, -0.05) is 59.9 Å². The Morgan fingerprint density at radius 3 is 2.54 bits per heavy atom. The van der Waals surface area contributed by atoms with Gasteiger partial charge in [0.25, 0.3) is 0 Å². The first-order valence-corrected chi connectivity index (χ1v) is 13.0. The lowest BCUT2D eigenvalue weighted by molar-refractivity contribution is 0.201. The molecular weight excluding hydrogens is 486 g/mol. The van der Waals surface area contributed by atoms with Crippen LogP contribution in [-0.4, -0.2) is 68.5 Å². The zero-order valence-corrected chi connectivity index (χ0v) is 21.3. The fourth-order valence-electron chi connectivity index (χ4n) is 4.83. The van der Waals surface area contributed by atoms with Crippen LogP contribution in [0.5, 0.6) is 11.5 Å². The fourth-order valence-corrected chi connectivity index (χ4v) is 5.85. The highest BCUT2D eigenvalue weighted by Crippen LogP contribution is 2.36. The topological polar surface area (TPSA) is 92.4 Å². The van der Waals surface area contributed by atoms with Gasteiger partial charge in [-0.2, -0.15) is 0 Å². The average molecular weight is 514 g/mol. The van der Waals surface area contributed by atoms with Crippen LogP contribution < -0.4 is 9.64 Å². The summed E-state index contributed by atoms with van der Waals surface area (Å²) in [6.07, 6.45) is 0. The van der Waals surface area contributed by atoms with E-state index in [-0.39, 0.29) is 11.8 Å². The highest BCUT2D eigenvalue weighted by Gasteiger charge is 2.32. The van der Waals surface area contributed by atoms with E-state index in [4.69, 9.17) is 9.72 Å². The van der Waals surface area contributed by atoms with E-state index in [1.54, 1.807) is 24.5 Å². The molecule has 0 saturated carbocycles. The summed E-state index contributed by atoms with van der Waals surface area (Å²) in [4.78, 5) is 9.59. The van der Waals surface area contributed by atoms with Crippen LogP contribution >= 0.6 is 11.3 Å². The van der Waals surface area contributed by atoms with E-state index in [1.165, 1.54) is 4.70 Å². The zero-order valence-electron chi connectivity index (χ0n) is 20.4. The minimum Gasteiger partial charge on any atom is -0.504 e. The van der Waals surface area contributed by atoms with E-state index in [2.05, 4.69) is 55.7 Å². The number of para-hydroxylation sites is 1. The summed E-state index contributed by atoms with van der Waals surface area (Å²) in [6, 6.07) is 23.7. The molecule has 1 N–H and O–H groups in total. The van der Waals surface area contributed by atoms with E-state index in [0.717, 1.165) is 53.8 Å². The highest BCUT2D eigenvalue weighted by atomic mass is 32.1. The Hall–Kier alpha value is -4.02. The molecule has 5 aromatic rings. The lowest BCUT2D eigenvalue weighted by Gasteiger charge is -2.38. The van der Waals surface area contributed by atoms with Crippen molar-refractivity contribution >= 4 is 26.7 Å². The van der Waals surface area contributed by atoms with Crippen molar-refractivity contribution in [2.24, 2.45) is 0 Å². The summed E-state index contributed by atoms with van der Waals surface area (Å²) in [5.74, 6) is 1.29. The van der Waals surface area contributed by atoms with Crippen molar-refractivity contribution in [1.29, 1.82) is 0 Å². The third-order valence-corrected chi connectivity index (χ3v) is 7.83. The summed E-state index contributed by atoms with van der Waals surface area (Å²) in [6.45, 7) is 3.86. The molecule has 6 rings (SSSR count). The lowest BCUT2D eigenvalue weighted by atomic mass is 10.0. The second kappa shape index (κ2) is 10.2. The highest BCUT2D eigenvalue weighted by molar-refractivity contribution is 7.22. The van der Waals surface area contributed by atoms with Crippen LogP contribution in [0.3, 0.4) is 0 Å². The van der Waals surface area contributed by atoms with Gasteiger partial charge in [0.05, 0.1) is 29.9 Å². The van der Waals surface area contributed by atoms with Gasteiger partial charge in [-0.3, -0.25) is 4.90 Å². The molecule has 0 amide bonds. The Balaban J connectivity index is 1.30. The molecule has 1 fully saturated rings. The molecule has 9 nitrogen and oxygen atoms in total. The molecule has 37 heavy (non-hydrogen) atoms. The number of benzene rings is 3. The normalized spacial score (nSPS) is 15.2. The predicted molar refractivity (Wildman–Crippen MR) is 143 cm³/mol. The molecule has 3 heterocycles. The number of ether oxygens (including phenoxy) is 1. The Labute approximate surface area is 218 Å². The number of hydrogen-bond donors (Lipinski definition) is 1. The molecule has 0 radical (unpaired) electrons. The van der Waals surface area contributed by atoms with Crippen LogP contribution in [0.15, 0.2) is 72.8 Å². The van der Waals surface area contributed by atoms with E-state index < -0.39 is 0 Å². The largest absolute Gasteiger partial charge is 0.504 e. The molecule has 1 aliphatic rings. The average Bonchev–Trinajstić information content (AvgIpc) is 3.58.